The quantitative estimate of drug-likeness (QED) is 0.0574. The number of nitrogens with one attached hydrogen (secondary N) is 5. The summed E-state index contributed by atoms with van der Waals surface area (Å²) in [5.74, 6) is -3.59. The lowest BCUT2D eigenvalue weighted by Crippen LogP contribution is -2.64. The van der Waals surface area contributed by atoms with Crippen molar-refractivity contribution in [1.29, 1.82) is 0 Å². The fourth-order valence-corrected chi connectivity index (χ4v) is 7.89. The largest absolute Gasteiger partial charge is 0.480 e. The summed E-state index contributed by atoms with van der Waals surface area (Å²) in [6.07, 6.45) is 2.25. The average molecular weight is 814 g/mol. The van der Waals surface area contributed by atoms with Gasteiger partial charge in [-0.05, 0) is 83.6 Å². The Morgan fingerprint density at radius 2 is 1.08 bits per heavy atom. The van der Waals surface area contributed by atoms with E-state index in [-0.39, 0.29) is 32.1 Å². The van der Waals surface area contributed by atoms with E-state index in [0.29, 0.717) is 38.9 Å². The summed E-state index contributed by atoms with van der Waals surface area (Å²) >= 11 is 0. The number of rotatable bonds is 19. The first-order chi connectivity index (χ1) is 29.1. The fourth-order valence-electron chi connectivity index (χ4n) is 7.89. The van der Waals surface area contributed by atoms with Gasteiger partial charge in [-0.3, -0.25) is 19.2 Å². The number of carboxylic acids is 1. The molecule has 6 rings (SSSR count). The van der Waals surface area contributed by atoms with Gasteiger partial charge in [-0.25, -0.2) is 4.79 Å². The van der Waals surface area contributed by atoms with E-state index in [1.54, 1.807) is 0 Å². The van der Waals surface area contributed by atoms with Crippen LogP contribution in [0.25, 0.3) is 21.5 Å². The molecule has 60 heavy (non-hydrogen) atoms. The second-order valence-corrected chi connectivity index (χ2v) is 15.6. The second kappa shape index (κ2) is 20.7. The molecule has 1 aliphatic heterocycles. The highest BCUT2D eigenvalue weighted by molar-refractivity contribution is 5.97. The van der Waals surface area contributed by atoms with E-state index in [1.807, 2.05) is 115 Å². The van der Waals surface area contributed by atoms with Gasteiger partial charge in [0.25, 0.3) is 0 Å². The highest BCUT2D eigenvalue weighted by Crippen LogP contribution is 2.24. The molecule has 1 aliphatic rings. The molecule has 4 atom stereocenters. The second-order valence-electron chi connectivity index (χ2n) is 15.6. The molecule has 1 heterocycles. The van der Waals surface area contributed by atoms with Crippen LogP contribution in [0.4, 0.5) is 0 Å². The van der Waals surface area contributed by atoms with Gasteiger partial charge < -0.3 is 43.2 Å². The molecule has 1 fully saturated rings. The van der Waals surface area contributed by atoms with E-state index < -0.39 is 59.3 Å². The van der Waals surface area contributed by atoms with Gasteiger partial charge >= 0.3 is 5.97 Å². The Morgan fingerprint density at radius 1 is 0.600 bits per heavy atom. The van der Waals surface area contributed by atoms with Gasteiger partial charge in [0, 0.05) is 19.3 Å². The molecule has 0 spiro atoms. The molecule has 0 aromatic heterocycles. The van der Waals surface area contributed by atoms with Crippen molar-refractivity contribution in [2.45, 2.75) is 81.1 Å². The van der Waals surface area contributed by atoms with Crippen molar-refractivity contribution in [3.63, 3.8) is 0 Å². The highest BCUT2D eigenvalue weighted by atomic mass is 16.4. The van der Waals surface area contributed by atoms with Crippen LogP contribution in [0.2, 0.25) is 0 Å². The predicted octanol–water partition coefficient (Wildman–Crippen LogP) is 3.25. The Kier molecular flexibility index (Phi) is 15.0. The molecule has 0 aliphatic carbocycles. The fraction of sp³-hybridized carbons (Fsp3) is 0.340. The number of amides is 4. The lowest BCUT2D eigenvalue weighted by Gasteiger charge is -2.36. The first-order valence-corrected chi connectivity index (χ1v) is 20.7. The Morgan fingerprint density at radius 3 is 1.63 bits per heavy atom. The number of carbonyl (C=O) groups is 5. The number of carbonyl (C=O) groups excluding carboxylic acids is 4. The van der Waals surface area contributed by atoms with Crippen molar-refractivity contribution in [2.24, 2.45) is 11.5 Å². The first-order valence-electron chi connectivity index (χ1n) is 20.7. The number of benzene rings is 5. The van der Waals surface area contributed by atoms with E-state index in [1.165, 1.54) is 0 Å². The molecule has 13 heteroatoms. The lowest BCUT2D eigenvalue weighted by molar-refractivity contribution is -0.149. The topological polar surface area (TPSA) is 218 Å². The smallest absolute Gasteiger partial charge is 0.329 e. The van der Waals surface area contributed by atoms with Crippen LogP contribution in [0.1, 0.15) is 48.8 Å². The van der Waals surface area contributed by atoms with Gasteiger partial charge in [-0.2, -0.15) is 0 Å². The molecule has 0 radical (unpaired) electrons. The maximum Gasteiger partial charge on any atom is 0.329 e. The molecule has 5 aromatic rings. The van der Waals surface area contributed by atoms with E-state index >= 15 is 0 Å². The van der Waals surface area contributed by atoms with Gasteiger partial charge in [-0.1, -0.05) is 122 Å². The summed E-state index contributed by atoms with van der Waals surface area (Å²) in [5.41, 5.74) is 12.7. The zero-order valence-corrected chi connectivity index (χ0v) is 33.7. The number of carboxylic acid groups (broad SMARTS) is 1. The van der Waals surface area contributed by atoms with E-state index in [4.69, 9.17) is 11.5 Å². The summed E-state index contributed by atoms with van der Waals surface area (Å²) in [7, 11) is 0. The number of unbranched alkanes of at least 4 members (excludes halogenated alkanes) is 1. The van der Waals surface area contributed by atoms with Crippen LogP contribution >= 0.6 is 0 Å². The van der Waals surface area contributed by atoms with Gasteiger partial charge in [-0.15, -0.1) is 0 Å². The summed E-state index contributed by atoms with van der Waals surface area (Å²) in [6.45, 7) is 1.26. The van der Waals surface area contributed by atoms with E-state index in [9.17, 15) is 29.1 Å². The Labute approximate surface area is 350 Å². The molecule has 13 nitrogen and oxygen atoms in total. The maximum atomic E-state index is 14.8. The van der Waals surface area contributed by atoms with Crippen LogP contribution in [0.3, 0.4) is 0 Å². The van der Waals surface area contributed by atoms with E-state index in [2.05, 4.69) is 26.6 Å². The standard InChI is InChI=1S/C47H55N7O6/c48-25-9-8-22-38(49)42(55)51-39(28-31-12-2-1-3-13-31)43(56)52-40(29-34-18-10-16-32-14-4-6-20-36(32)34)44(57)53-41(30-35-19-11-17-33-15-5-7-21-37(33)35)45(58)54-47(46(59)60)23-26-50-27-24-47/h1-7,10-21,38-41,50H,8-9,22-30,48-49H2,(H,51,55)(H,52,56)(H,53,57)(H,54,58)(H,59,60)/t38?,39-,40+,41+/m0/s1. The zero-order valence-electron chi connectivity index (χ0n) is 33.7. The van der Waals surface area contributed by atoms with Crippen molar-refractivity contribution >= 4 is 51.1 Å². The monoisotopic (exact) mass is 813 g/mol. The van der Waals surface area contributed by atoms with Crippen molar-refractivity contribution in [3.05, 3.63) is 132 Å². The third-order valence-corrected chi connectivity index (χ3v) is 11.3. The first kappa shape index (κ1) is 43.4. The number of aliphatic carboxylic acids is 1. The van der Waals surface area contributed by atoms with Gasteiger partial charge in [0.05, 0.1) is 6.04 Å². The third-order valence-electron chi connectivity index (χ3n) is 11.3. The van der Waals surface area contributed by atoms with Crippen LogP contribution in [-0.2, 0) is 43.2 Å². The number of hydrogen-bond acceptors (Lipinski definition) is 8. The maximum absolute atomic E-state index is 14.8. The molecule has 10 N–H and O–H groups in total. The van der Waals surface area contributed by atoms with Crippen molar-refractivity contribution in [2.75, 3.05) is 19.6 Å². The summed E-state index contributed by atoms with van der Waals surface area (Å²) in [4.78, 5) is 69.8. The molecular weight excluding hydrogens is 759 g/mol. The molecule has 5 aromatic carbocycles. The van der Waals surface area contributed by atoms with E-state index in [0.717, 1.165) is 38.2 Å². The molecule has 1 saturated heterocycles. The summed E-state index contributed by atoms with van der Waals surface area (Å²) < 4.78 is 0. The number of hydrogen-bond donors (Lipinski definition) is 8. The minimum atomic E-state index is -1.53. The summed E-state index contributed by atoms with van der Waals surface area (Å²) in [6, 6.07) is 31.6. The molecule has 0 bridgehead atoms. The van der Waals surface area contributed by atoms with Crippen molar-refractivity contribution < 1.29 is 29.1 Å². The Bertz CT molecular complexity index is 2270. The summed E-state index contributed by atoms with van der Waals surface area (Å²) in [5, 5.41) is 28.7. The lowest BCUT2D eigenvalue weighted by atomic mass is 9.87. The van der Waals surface area contributed by atoms with Gasteiger partial charge in [0.1, 0.15) is 23.7 Å². The molecule has 314 valence electrons. The van der Waals surface area contributed by atoms with Crippen LogP contribution in [0, 0.1) is 0 Å². The minimum absolute atomic E-state index is 0.0382. The van der Waals surface area contributed by atoms with Crippen LogP contribution < -0.4 is 38.1 Å². The predicted molar refractivity (Wildman–Crippen MR) is 233 cm³/mol. The molecular formula is C47H55N7O6. The SMILES string of the molecule is NCCCCC(N)C(=O)N[C@@H](Cc1ccccc1)C(=O)N[C@H](Cc1cccc2ccccc12)C(=O)N[C@H](Cc1cccc2ccccc12)C(=O)NC1(C(=O)O)CCNCC1. The normalized spacial score (nSPS) is 15.6. The van der Waals surface area contributed by atoms with Gasteiger partial charge in [0.15, 0.2) is 0 Å². The van der Waals surface area contributed by atoms with Crippen LogP contribution in [0.5, 0.6) is 0 Å². The van der Waals surface area contributed by atoms with Crippen molar-refractivity contribution in [3.8, 4) is 0 Å². The number of nitrogens with two attached hydrogens (primary N) is 2. The van der Waals surface area contributed by atoms with Crippen LogP contribution in [-0.4, -0.2) is 84.0 Å². The number of fused-ring (bicyclic) bond motifs is 2. The Hall–Kier alpha value is -6.15. The molecule has 0 saturated carbocycles. The average Bonchev–Trinajstić information content (AvgIpc) is 3.26. The van der Waals surface area contributed by atoms with Crippen molar-refractivity contribution in [1.82, 2.24) is 26.6 Å². The Balaban J connectivity index is 1.34. The number of piperidine rings is 1. The minimum Gasteiger partial charge on any atom is -0.480 e. The zero-order chi connectivity index (χ0) is 42.5. The van der Waals surface area contributed by atoms with Crippen LogP contribution in [0.15, 0.2) is 115 Å². The third kappa shape index (κ3) is 11.1. The highest BCUT2D eigenvalue weighted by Gasteiger charge is 2.43. The molecule has 1 unspecified atom stereocenters. The van der Waals surface area contributed by atoms with Gasteiger partial charge in [0.2, 0.25) is 23.6 Å². The molecule has 4 amide bonds.